The third kappa shape index (κ3) is 1.57. The lowest BCUT2D eigenvalue weighted by Gasteiger charge is -1.99. The Kier molecular flexibility index (Phi) is 1.89. The molecule has 0 amide bonds. The van der Waals surface area contributed by atoms with E-state index in [-0.39, 0.29) is 5.71 Å². The lowest BCUT2D eigenvalue weighted by molar-refractivity contribution is -0.129. The fraction of sp³-hybridized carbons (Fsp3) is 0.200. The Hall–Kier alpha value is -0.770. The van der Waals surface area contributed by atoms with E-state index in [1.807, 2.05) is 0 Å². The fourth-order valence-electron chi connectivity index (χ4n) is 0.445. The minimum atomic E-state index is -0.924. The van der Waals surface area contributed by atoms with Gasteiger partial charge < -0.3 is 5.11 Å². The van der Waals surface area contributed by atoms with Gasteiger partial charge in [0.05, 0.1) is 0 Å². The highest BCUT2D eigenvalue weighted by Gasteiger charge is 2.08. The molecule has 9 heavy (non-hydrogen) atoms. The highest BCUT2D eigenvalue weighted by Crippen LogP contribution is 2.07. The summed E-state index contributed by atoms with van der Waals surface area (Å²) in [5, 5.41) is 10.1. The first-order chi connectivity index (χ1) is 4.30. The molecule has 0 radical (unpaired) electrons. The Labute approximate surface area is 56.5 Å². The maximum atomic E-state index is 10.2. The van der Waals surface area contributed by atoms with E-state index in [2.05, 4.69) is 4.99 Å². The number of hydrogen-bond donors (Lipinski definition) is 1. The van der Waals surface area contributed by atoms with Crippen LogP contribution >= 0.6 is 11.8 Å². The predicted molar refractivity (Wildman–Crippen MR) is 36.7 cm³/mol. The third-order valence-electron chi connectivity index (χ3n) is 0.854. The van der Waals surface area contributed by atoms with E-state index in [4.69, 9.17) is 5.11 Å². The van der Waals surface area contributed by atoms with Crippen molar-refractivity contribution in [1.82, 2.24) is 0 Å². The van der Waals surface area contributed by atoms with E-state index < -0.39 is 5.97 Å². The van der Waals surface area contributed by atoms with Gasteiger partial charge in [0.15, 0.2) is 0 Å². The van der Waals surface area contributed by atoms with E-state index in [0.29, 0.717) is 5.75 Å². The second-order valence-electron chi connectivity index (χ2n) is 1.48. The Morgan fingerprint density at radius 1 is 1.89 bits per heavy atom. The van der Waals surface area contributed by atoms with Gasteiger partial charge in [0.25, 0.3) is 0 Å². The molecule has 0 aromatic heterocycles. The predicted octanol–water partition coefficient (Wildman–Crippen LogP) is 0.730. The molecule has 3 nitrogen and oxygen atoms in total. The summed E-state index contributed by atoms with van der Waals surface area (Å²) in [6.45, 7) is 0. The molecule has 0 fully saturated rings. The largest absolute Gasteiger partial charge is 0.477 e. The monoisotopic (exact) mass is 143 g/mol. The Bertz CT molecular complexity index is 185. The Balaban J connectivity index is 2.68. The molecule has 0 bridgehead atoms. The molecule has 0 saturated heterocycles. The van der Waals surface area contributed by atoms with Gasteiger partial charge in [0, 0.05) is 12.0 Å². The van der Waals surface area contributed by atoms with Gasteiger partial charge in [-0.2, -0.15) is 0 Å². The molecule has 0 spiro atoms. The highest BCUT2D eigenvalue weighted by molar-refractivity contribution is 8.02. The smallest absolute Gasteiger partial charge is 0.351 e. The summed E-state index contributed by atoms with van der Waals surface area (Å²) in [5.74, 6) is -0.446. The molecule has 1 heterocycles. The summed E-state index contributed by atoms with van der Waals surface area (Å²) in [4.78, 5) is 13.8. The standard InChI is InChI=1S/C5H5NO2S/c7-5(8)4-3-9-2-1-6-4/h1-2H,3H2,(H,7,8). The molecule has 1 rings (SSSR count). The van der Waals surface area contributed by atoms with Gasteiger partial charge in [-0.05, 0) is 5.41 Å². The molecule has 0 saturated carbocycles. The number of rotatable bonds is 1. The number of hydrogen-bond acceptors (Lipinski definition) is 3. The van der Waals surface area contributed by atoms with Crippen molar-refractivity contribution in [2.24, 2.45) is 4.99 Å². The van der Waals surface area contributed by atoms with Crippen LogP contribution in [-0.2, 0) is 4.79 Å². The number of carboxylic acids is 1. The molecule has 0 aromatic carbocycles. The number of aliphatic imine (C=N–C) groups is 1. The maximum absolute atomic E-state index is 10.2. The minimum absolute atomic E-state index is 0.225. The van der Waals surface area contributed by atoms with Gasteiger partial charge in [0.1, 0.15) is 5.71 Å². The van der Waals surface area contributed by atoms with Gasteiger partial charge in [-0.1, -0.05) is 0 Å². The van der Waals surface area contributed by atoms with Crippen LogP contribution in [0, 0.1) is 0 Å². The molecule has 48 valence electrons. The van der Waals surface area contributed by atoms with Crippen molar-refractivity contribution in [3.8, 4) is 0 Å². The van der Waals surface area contributed by atoms with Crippen LogP contribution in [0.15, 0.2) is 16.6 Å². The number of carbonyl (C=O) groups is 1. The van der Waals surface area contributed by atoms with Crippen molar-refractivity contribution in [2.45, 2.75) is 0 Å². The van der Waals surface area contributed by atoms with Gasteiger partial charge in [0.2, 0.25) is 0 Å². The number of aliphatic carboxylic acids is 1. The zero-order valence-electron chi connectivity index (χ0n) is 4.57. The van der Waals surface area contributed by atoms with E-state index >= 15 is 0 Å². The van der Waals surface area contributed by atoms with Crippen LogP contribution in [0.4, 0.5) is 0 Å². The molecular formula is C5H5NO2S. The summed E-state index contributed by atoms with van der Waals surface area (Å²) in [6, 6.07) is 0. The molecular weight excluding hydrogens is 138 g/mol. The van der Waals surface area contributed by atoms with Crippen LogP contribution in [0.25, 0.3) is 0 Å². The SMILES string of the molecule is O=C(O)C1=NC=CSC1. The normalized spacial score (nSPS) is 17.1. The second-order valence-corrected chi connectivity index (χ2v) is 2.37. The first-order valence-electron chi connectivity index (χ1n) is 2.37. The molecule has 1 aliphatic rings. The van der Waals surface area contributed by atoms with Crippen molar-refractivity contribution >= 4 is 23.4 Å². The topological polar surface area (TPSA) is 49.7 Å². The first kappa shape index (κ1) is 6.35. The average molecular weight is 143 g/mol. The molecule has 4 heteroatoms. The number of thioether (sulfide) groups is 1. The van der Waals surface area contributed by atoms with Crippen LogP contribution in [0.2, 0.25) is 0 Å². The molecule has 1 aliphatic heterocycles. The molecule has 1 N–H and O–H groups in total. The van der Waals surface area contributed by atoms with E-state index in [0.717, 1.165) is 0 Å². The first-order valence-corrected chi connectivity index (χ1v) is 3.42. The van der Waals surface area contributed by atoms with Crippen LogP contribution in [-0.4, -0.2) is 22.5 Å². The summed E-state index contributed by atoms with van der Waals surface area (Å²) in [7, 11) is 0. The van der Waals surface area contributed by atoms with Crippen LogP contribution < -0.4 is 0 Å². The Morgan fingerprint density at radius 2 is 2.67 bits per heavy atom. The fourth-order valence-corrected chi connectivity index (χ4v) is 1.04. The molecule has 0 unspecified atom stereocenters. The van der Waals surface area contributed by atoms with Crippen molar-refractivity contribution in [2.75, 3.05) is 5.75 Å². The highest BCUT2D eigenvalue weighted by atomic mass is 32.2. The second kappa shape index (κ2) is 2.68. The number of carboxylic acid groups (broad SMARTS) is 1. The Morgan fingerprint density at radius 3 is 3.00 bits per heavy atom. The lowest BCUT2D eigenvalue weighted by Crippen LogP contribution is -2.15. The van der Waals surface area contributed by atoms with Crippen LogP contribution in [0.5, 0.6) is 0 Å². The van der Waals surface area contributed by atoms with E-state index in [1.54, 1.807) is 5.41 Å². The molecule has 0 aromatic rings. The molecule has 0 atom stereocenters. The van der Waals surface area contributed by atoms with Gasteiger partial charge >= 0.3 is 5.97 Å². The summed E-state index contributed by atoms with van der Waals surface area (Å²) in [5.41, 5.74) is 0.225. The van der Waals surface area contributed by atoms with Gasteiger partial charge in [-0.25, -0.2) is 4.79 Å². The lowest BCUT2D eigenvalue weighted by atomic mass is 10.4. The van der Waals surface area contributed by atoms with E-state index in [1.165, 1.54) is 18.0 Å². The summed E-state index contributed by atoms with van der Waals surface area (Å²) < 4.78 is 0. The average Bonchev–Trinajstić information content (AvgIpc) is 1.90. The van der Waals surface area contributed by atoms with Crippen molar-refractivity contribution in [1.29, 1.82) is 0 Å². The third-order valence-corrected chi connectivity index (χ3v) is 1.61. The van der Waals surface area contributed by atoms with Crippen LogP contribution in [0.3, 0.4) is 0 Å². The zero-order chi connectivity index (χ0) is 6.69. The van der Waals surface area contributed by atoms with Gasteiger partial charge in [-0.3, -0.25) is 4.99 Å². The molecule has 0 aliphatic carbocycles. The van der Waals surface area contributed by atoms with Gasteiger partial charge in [-0.15, -0.1) is 11.8 Å². The summed E-state index contributed by atoms with van der Waals surface area (Å²) in [6.07, 6.45) is 1.50. The van der Waals surface area contributed by atoms with Crippen molar-refractivity contribution in [3.63, 3.8) is 0 Å². The zero-order valence-corrected chi connectivity index (χ0v) is 5.39. The summed E-state index contributed by atoms with van der Waals surface area (Å²) >= 11 is 1.44. The van der Waals surface area contributed by atoms with Crippen LogP contribution in [0.1, 0.15) is 0 Å². The quantitative estimate of drug-likeness (QED) is 0.588. The minimum Gasteiger partial charge on any atom is -0.477 e. The number of nitrogens with zero attached hydrogens (tertiary/aromatic N) is 1. The van der Waals surface area contributed by atoms with Crippen molar-refractivity contribution in [3.05, 3.63) is 11.6 Å². The van der Waals surface area contributed by atoms with E-state index in [9.17, 15) is 4.79 Å². The van der Waals surface area contributed by atoms with Crippen molar-refractivity contribution < 1.29 is 9.90 Å². The maximum Gasteiger partial charge on any atom is 0.351 e.